The van der Waals surface area contributed by atoms with Crippen LogP contribution in [0.4, 0.5) is 0 Å². The van der Waals surface area contributed by atoms with Crippen molar-refractivity contribution < 1.29 is 13.9 Å². The maximum absolute atomic E-state index is 12.4. The van der Waals surface area contributed by atoms with E-state index in [1.54, 1.807) is 25.3 Å². The Bertz CT molecular complexity index is 1010. The molecule has 4 aromatic rings. The van der Waals surface area contributed by atoms with Crippen molar-refractivity contribution >= 4 is 39.6 Å². The van der Waals surface area contributed by atoms with E-state index in [9.17, 15) is 4.79 Å². The number of hydrogen-bond donors (Lipinski definition) is 1. The number of carbonyl (C=O) groups excluding carboxylic acids is 1. The van der Waals surface area contributed by atoms with Crippen molar-refractivity contribution in [3.63, 3.8) is 0 Å². The summed E-state index contributed by atoms with van der Waals surface area (Å²) in [5, 5.41) is 3.89. The topological polar surface area (TPSA) is 77.2 Å². The van der Waals surface area contributed by atoms with E-state index in [0.29, 0.717) is 17.9 Å². The lowest BCUT2D eigenvalue weighted by Gasteiger charge is -2.13. The normalized spacial score (nSPS) is 12.5. The third kappa shape index (κ3) is 3.11. The summed E-state index contributed by atoms with van der Waals surface area (Å²) in [6.07, 6.45) is -0.360. The molecular formula is C18H15N3O3S. The number of amides is 1. The van der Waals surface area contributed by atoms with E-state index in [1.165, 1.54) is 0 Å². The smallest absolute Gasteiger partial charge is 0.251 e. The zero-order chi connectivity index (χ0) is 17.2. The number of aromatic nitrogens is 2. The minimum Gasteiger partial charge on any atom is -0.458 e. The molecule has 1 atom stereocenters. The van der Waals surface area contributed by atoms with E-state index in [2.05, 4.69) is 14.1 Å². The summed E-state index contributed by atoms with van der Waals surface area (Å²) >= 11 is 1.13. The molecule has 0 unspecified atom stereocenters. The first-order valence-corrected chi connectivity index (χ1v) is 8.49. The SMILES string of the molecule is CO[C@H](CNC(=O)c1ccc2nsnc2c1)c1cc2ccccc2o1. The van der Waals surface area contributed by atoms with Gasteiger partial charge in [0.05, 0.1) is 18.3 Å². The molecular weight excluding hydrogens is 338 g/mol. The predicted molar refractivity (Wildman–Crippen MR) is 95.7 cm³/mol. The number of fused-ring (bicyclic) bond motifs is 2. The molecule has 0 saturated carbocycles. The first-order valence-electron chi connectivity index (χ1n) is 7.76. The van der Waals surface area contributed by atoms with Gasteiger partial charge in [0.15, 0.2) is 0 Å². The standard InChI is InChI=1S/C18H15N3O3S/c1-23-17(16-9-11-4-2-3-5-15(11)24-16)10-19-18(22)12-6-7-13-14(8-12)21-25-20-13/h2-9,17H,10H2,1H3,(H,19,22)/t17-/m1/s1. The van der Waals surface area contributed by atoms with Crippen LogP contribution in [0.3, 0.4) is 0 Å². The second-order valence-corrected chi connectivity index (χ2v) is 6.12. The van der Waals surface area contributed by atoms with Crippen molar-refractivity contribution in [1.29, 1.82) is 0 Å². The fourth-order valence-electron chi connectivity index (χ4n) is 2.67. The van der Waals surface area contributed by atoms with E-state index in [0.717, 1.165) is 33.7 Å². The number of nitrogens with one attached hydrogen (secondary N) is 1. The molecule has 4 rings (SSSR count). The number of benzene rings is 2. The fraction of sp³-hybridized carbons (Fsp3) is 0.167. The highest BCUT2D eigenvalue weighted by Crippen LogP contribution is 2.25. The van der Waals surface area contributed by atoms with Crippen molar-refractivity contribution in [3.05, 3.63) is 59.9 Å². The molecule has 25 heavy (non-hydrogen) atoms. The number of para-hydroxylation sites is 1. The van der Waals surface area contributed by atoms with Crippen molar-refractivity contribution in [1.82, 2.24) is 14.1 Å². The van der Waals surface area contributed by atoms with Crippen molar-refractivity contribution in [2.24, 2.45) is 0 Å². The molecule has 2 aromatic carbocycles. The quantitative estimate of drug-likeness (QED) is 0.594. The number of methoxy groups -OCH3 is 1. The molecule has 0 aliphatic carbocycles. The monoisotopic (exact) mass is 353 g/mol. The van der Waals surface area contributed by atoms with Crippen LogP contribution in [0, 0.1) is 0 Å². The van der Waals surface area contributed by atoms with Gasteiger partial charge in [0.2, 0.25) is 0 Å². The summed E-state index contributed by atoms with van der Waals surface area (Å²) in [4.78, 5) is 12.4. The number of ether oxygens (including phenoxy) is 1. The Kier molecular flexibility index (Phi) is 4.17. The number of rotatable bonds is 5. The second kappa shape index (κ2) is 6.62. The summed E-state index contributed by atoms with van der Waals surface area (Å²) in [5.41, 5.74) is 2.85. The minimum atomic E-state index is -0.360. The van der Waals surface area contributed by atoms with Crippen LogP contribution in [0.15, 0.2) is 52.9 Å². The molecule has 0 spiro atoms. The zero-order valence-electron chi connectivity index (χ0n) is 13.4. The summed E-state index contributed by atoms with van der Waals surface area (Å²) in [5.74, 6) is 0.496. The van der Waals surface area contributed by atoms with Gasteiger partial charge in [0.1, 0.15) is 28.5 Å². The van der Waals surface area contributed by atoms with Crippen LogP contribution in [-0.4, -0.2) is 28.3 Å². The summed E-state index contributed by atoms with van der Waals surface area (Å²) in [7, 11) is 1.59. The summed E-state index contributed by atoms with van der Waals surface area (Å²) < 4.78 is 19.6. The van der Waals surface area contributed by atoms with Gasteiger partial charge < -0.3 is 14.5 Å². The largest absolute Gasteiger partial charge is 0.458 e. The molecule has 2 aromatic heterocycles. The molecule has 0 aliphatic heterocycles. The van der Waals surface area contributed by atoms with Gasteiger partial charge >= 0.3 is 0 Å². The van der Waals surface area contributed by atoms with E-state index < -0.39 is 0 Å². The highest BCUT2D eigenvalue weighted by atomic mass is 32.1. The van der Waals surface area contributed by atoms with Gasteiger partial charge in [-0.15, -0.1) is 0 Å². The van der Waals surface area contributed by atoms with Crippen molar-refractivity contribution in [2.75, 3.05) is 13.7 Å². The molecule has 0 saturated heterocycles. The molecule has 126 valence electrons. The number of nitrogens with zero attached hydrogens (tertiary/aromatic N) is 2. The van der Waals surface area contributed by atoms with Crippen LogP contribution in [0.2, 0.25) is 0 Å². The summed E-state index contributed by atoms with van der Waals surface area (Å²) in [6, 6.07) is 15.0. The maximum Gasteiger partial charge on any atom is 0.251 e. The number of hydrogen-bond acceptors (Lipinski definition) is 6. The fourth-order valence-corrected chi connectivity index (χ4v) is 3.19. The molecule has 0 radical (unpaired) electrons. The molecule has 6 nitrogen and oxygen atoms in total. The van der Waals surface area contributed by atoms with Crippen LogP contribution in [0.25, 0.3) is 22.0 Å². The molecule has 2 heterocycles. The summed E-state index contributed by atoms with van der Waals surface area (Å²) in [6.45, 7) is 0.308. The lowest BCUT2D eigenvalue weighted by molar-refractivity contribution is 0.0747. The van der Waals surface area contributed by atoms with Crippen LogP contribution < -0.4 is 5.32 Å². The lowest BCUT2D eigenvalue weighted by Crippen LogP contribution is -2.29. The Hall–Kier alpha value is -2.77. The van der Waals surface area contributed by atoms with Gasteiger partial charge in [-0.3, -0.25) is 4.79 Å². The molecule has 0 aliphatic rings. The van der Waals surface area contributed by atoms with Crippen LogP contribution in [-0.2, 0) is 4.74 Å². The van der Waals surface area contributed by atoms with Gasteiger partial charge in [0.25, 0.3) is 5.91 Å². The predicted octanol–water partition coefficient (Wildman–Crippen LogP) is 3.56. The Morgan fingerprint density at radius 2 is 2.04 bits per heavy atom. The molecule has 0 bridgehead atoms. The van der Waals surface area contributed by atoms with Gasteiger partial charge in [-0.25, -0.2) is 0 Å². The molecule has 7 heteroatoms. The Balaban J connectivity index is 1.48. The average molecular weight is 353 g/mol. The van der Waals surface area contributed by atoms with Crippen LogP contribution in [0.5, 0.6) is 0 Å². The second-order valence-electron chi connectivity index (χ2n) is 5.59. The third-order valence-corrected chi connectivity index (χ3v) is 4.57. The highest BCUT2D eigenvalue weighted by molar-refractivity contribution is 7.00. The zero-order valence-corrected chi connectivity index (χ0v) is 14.2. The number of furan rings is 1. The molecule has 0 fully saturated rings. The Morgan fingerprint density at radius 1 is 1.20 bits per heavy atom. The number of carbonyl (C=O) groups is 1. The first kappa shape index (κ1) is 15.7. The van der Waals surface area contributed by atoms with E-state index in [4.69, 9.17) is 9.15 Å². The Morgan fingerprint density at radius 3 is 2.88 bits per heavy atom. The maximum atomic E-state index is 12.4. The minimum absolute atomic E-state index is 0.187. The Labute approximate surface area is 147 Å². The van der Waals surface area contributed by atoms with Gasteiger partial charge in [-0.1, -0.05) is 18.2 Å². The van der Waals surface area contributed by atoms with E-state index in [1.807, 2.05) is 30.3 Å². The average Bonchev–Trinajstić information content (AvgIpc) is 3.27. The van der Waals surface area contributed by atoms with Crippen molar-refractivity contribution in [2.45, 2.75) is 6.10 Å². The highest BCUT2D eigenvalue weighted by Gasteiger charge is 2.17. The van der Waals surface area contributed by atoms with E-state index in [-0.39, 0.29) is 12.0 Å². The van der Waals surface area contributed by atoms with Gasteiger partial charge in [0, 0.05) is 18.1 Å². The third-order valence-electron chi connectivity index (χ3n) is 4.01. The van der Waals surface area contributed by atoms with Crippen LogP contribution >= 0.6 is 11.7 Å². The molecule has 1 N–H and O–H groups in total. The molecule has 1 amide bonds. The van der Waals surface area contributed by atoms with Gasteiger partial charge in [-0.2, -0.15) is 8.75 Å². The van der Waals surface area contributed by atoms with Crippen LogP contribution in [0.1, 0.15) is 22.2 Å². The first-order chi connectivity index (χ1) is 12.2. The van der Waals surface area contributed by atoms with Crippen molar-refractivity contribution in [3.8, 4) is 0 Å². The van der Waals surface area contributed by atoms with E-state index >= 15 is 0 Å². The van der Waals surface area contributed by atoms with Gasteiger partial charge in [-0.05, 0) is 30.3 Å². The lowest BCUT2D eigenvalue weighted by atomic mass is 10.1.